The molecule has 4 heterocycles. The molecule has 1 aromatic carbocycles. The van der Waals surface area contributed by atoms with Crippen molar-refractivity contribution in [3.63, 3.8) is 0 Å². The van der Waals surface area contributed by atoms with E-state index in [1.165, 1.54) is 24.5 Å². The van der Waals surface area contributed by atoms with Gasteiger partial charge in [-0.05, 0) is 56.1 Å². The Morgan fingerprint density at radius 3 is 2.85 bits per heavy atom. The predicted molar refractivity (Wildman–Crippen MR) is 129 cm³/mol. The van der Waals surface area contributed by atoms with Gasteiger partial charge in [0.1, 0.15) is 10.8 Å². The van der Waals surface area contributed by atoms with E-state index >= 15 is 4.39 Å². The van der Waals surface area contributed by atoms with Crippen molar-refractivity contribution in [3.05, 3.63) is 52.0 Å². The molecule has 5 nitrogen and oxygen atoms in total. The zero-order valence-electron chi connectivity index (χ0n) is 18.4. The van der Waals surface area contributed by atoms with Crippen LogP contribution in [0.2, 0.25) is 10.0 Å². The van der Waals surface area contributed by atoms with E-state index in [-0.39, 0.29) is 40.5 Å². The summed E-state index contributed by atoms with van der Waals surface area (Å²) in [4.78, 5) is 8.47. The molecule has 0 saturated carbocycles. The van der Waals surface area contributed by atoms with E-state index < -0.39 is 11.8 Å². The molecule has 185 valence electrons. The van der Waals surface area contributed by atoms with Gasteiger partial charge in [0.15, 0.2) is 5.82 Å². The summed E-state index contributed by atoms with van der Waals surface area (Å²) in [6.07, 6.45) is 3.32. The fourth-order valence-corrected chi connectivity index (χ4v) is 6.26. The van der Waals surface area contributed by atoms with Gasteiger partial charge < -0.3 is 19.3 Å². The molecule has 3 aliphatic rings. The third-order valence-corrected chi connectivity index (χ3v) is 8.39. The van der Waals surface area contributed by atoms with E-state index in [0.29, 0.717) is 11.1 Å². The topological polar surface area (TPSA) is 40.6 Å². The van der Waals surface area contributed by atoms with Crippen LogP contribution >= 0.6 is 35.1 Å². The largest absolute Gasteiger partial charge is 1.00 e. The molecule has 1 atom stereocenters. The number of anilines is 2. The molecule has 5 rings (SSSR count). The van der Waals surface area contributed by atoms with Crippen LogP contribution in [0.25, 0.3) is 0 Å². The second-order valence-corrected chi connectivity index (χ2v) is 10.7. The van der Waals surface area contributed by atoms with Crippen LogP contribution in [0.1, 0.15) is 19.3 Å². The van der Waals surface area contributed by atoms with Crippen LogP contribution in [0.5, 0.6) is 0 Å². The van der Waals surface area contributed by atoms with Gasteiger partial charge in [-0.3, -0.25) is 5.92 Å². The van der Waals surface area contributed by atoms with E-state index in [1.54, 1.807) is 12.1 Å². The maximum Gasteiger partial charge on any atom is 1.00 e. The first kappa shape index (κ1) is 26.4. The van der Waals surface area contributed by atoms with Crippen molar-refractivity contribution in [2.45, 2.75) is 24.2 Å². The van der Waals surface area contributed by atoms with E-state index in [1.807, 2.05) is 0 Å². The van der Waals surface area contributed by atoms with Crippen LogP contribution < -0.4 is 9.62 Å². The molecule has 2 aromatic rings. The van der Waals surface area contributed by atoms with E-state index in [0.717, 1.165) is 70.7 Å². The van der Waals surface area contributed by atoms with Gasteiger partial charge in [-0.2, -0.15) is 10.8 Å². The molecule has 1 aromatic heterocycles. The quantitative estimate of drug-likeness (QED) is 0.181. The molecule has 11 heteroatoms. The molecule has 3 fully saturated rings. The zero-order chi connectivity index (χ0) is 23.0. The second-order valence-electron chi connectivity index (χ2n) is 9.07. The van der Waals surface area contributed by atoms with Crippen LogP contribution in [0.4, 0.5) is 20.3 Å². The minimum absolute atomic E-state index is 0. The number of pyridine rings is 1. The van der Waals surface area contributed by atoms with Gasteiger partial charge in [-0.1, -0.05) is 29.3 Å². The minimum atomic E-state index is -0.623. The summed E-state index contributed by atoms with van der Waals surface area (Å²) in [7, 11) is 0. The molecular weight excluding hydrogens is 679 g/mol. The number of benzene rings is 1. The number of halogens is 4. The standard InChI is InChI=1S/C23H25Cl2F2N4OS.Os/c24-16-10-17(20(25)21(27)22(16)33-29-19-3-1-2-18(26)28-19)31-7-4-15(12-31)11-30-8-5-23(13-30)6-9-32-14-23;/h1-3,10H,4-9,11-14H2,(H,28,29);/q-1;+1. The fraction of sp³-hybridized carbons (Fsp3) is 0.478. The number of nitrogens with zero attached hydrogens (tertiary/aromatic N) is 3. The van der Waals surface area contributed by atoms with E-state index in [9.17, 15) is 4.39 Å². The Morgan fingerprint density at radius 1 is 1.24 bits per heavy atom. The van der Waals surface area contributed by atoms with Crippen LogP contribution in [0.15, 0.2) is 29.2 Å². The monoisotopic (exact) mass is 705 g/mol. The van der Waals surface area contributed by atoms with Gasteiger partial charge in [0, 0.05) is 18.6 Å². The van der Waals surface area contributed by atoms with Gasteiger partial charge in [0.05, 0.1) is 22.2 Å². The van der Waals surface area contributed by atoms with Gasteiger partial charge in [0.2, 0.25) is 5.95 Å². The second kappa shape index (κ2) is 11.1. The van der Waals surface area contributed by atoms with Crippen molar-refractivity contribution in [2.75, 3.05) is 55.6 Å². The zero-order valence-corrected chi connectivity index (χ0v) is 23.3. The Bertz CT molecular complexity index is 1030. The smallest absolute Gasteiger partial charge is 0.402 e. The molecule has 0 bridgehead atoms. The molecular formula is C23H25Cl2F2N4OOsS. The summed E-state index contributed by atoms with van der Waals surface area (Å²) in [5.74, 6) is 0.477. The Kier molecular flexibility index (Phi) is 8.65. The van der Waals surface area contributed by atoms with Gasteiger partial charge in [-0.25, -0.2) is 9.37 Å². The first-order valence-corrected chi connectivity index (χ1v) is 12.6. The molecule has 0 amide bonds. The first-order chi connectivity index (χ1) is 15.9. The summed E-state index contributed by atoms with van der Waals surface area (Å²) in [5.41, 5.74) is 0.950. The number of nitrogens with one attached hydrogen (secondary N) is 1. The molecule has 0 aliphatic carbocycles. The normalized spacial score (nSPS) is 23.1. The maximum absolute atomic E-state index is 15.1. The number of hydrogen-bond acceptors (Lipinski definition) is 6. The van der Waals surface area contributed by atoms with Crippen molar-refractivity contribution in [3.8, 4) is 0 Å². The molecule has 1 N–H and O–H groups in total. The van der Waals surface area contributed by atoms with Crippen molar-refractivity contribution in [1.82, 2.24) is 9.88 Å². The molecule has 3 saturated heterocycles. The summed E-state index contributed by atoms with van der Waals surface area (Å²) in [6, 6.07) is 6.05. The SMILES string of the molecule is Fc1cccc(NSc2c(Cl)cc(N3CC[C-](CN4CCC5(CCOC5)C4)C3)c(Cl)c2F)n1.[Os+]. The minimum Gasteiger partial charge on any atom is -0.402 e. The van der Waals surface area contributed by atoms with Gasteiger partial charge in [0.25, 0.3) is 0 Å². The van der Waals surface area contributed by atoms with E-state index in [2.05, 4.69) is 19.5 Å². The molecule has 1 radical (unpaired) electrons. The van der Waals surface area contributed by atoms with Crippen LogP contribution in [0, 0.1) is 23.1 Å². The van der Waals surface area contributed by atoms with Crippen LogP contribution in [0.3, 0.4) is 0 Å². The van der Waals surface area contributed by atoms with Crippen molar-refractivity contribution in [2.24, 2.45) is 5.41 Å². The van der Waals surface area contributed by atoms with Gasteiger partial charge in [-0.15, -0.1) is 13.1 Å². The van der Waals surface area contributed by atoms with E-state index in [4.69, 9.17) is 27.9 Å². The number of aromatic nitrogens is 1. The van der Waals surface area contributed by atoms with Gasteiger partial charge >= 0.3 is 19.8 Å². The maximum atomic E-state index is 15.1. The number of ether oxygens (including phenoxy) is 1. The summed E-state index contributed by atoms with van der Waals surface area (Å²) in [5, 5.41) is 0.289. The Balaban J connectivity index is 0.00000274. The Morgan fingerprint density at radius 2 is 2.09 bits per heavy atom. The molecule has 34 heavy (non-hydrogen) atoms. The third kappa shape index (κ3) is 5.66. The Hall–Kier alpha value is -0.684. The van der Waals surface area contributed by atoms with Crippen LogP contribution in [-0.2, 0) is 24.5 Å². The fourth-order valence-electron chi connectivity index (χ4n) is 4.96. The number of likely N-dealkylation sites (tertiary alicyclic amines) is 1. The summed E-state index contributed by atoms with van der Waals surface area (Å²) in [6.45, 7) is 6.45. The Labute approximate surface area is 226 Å². The average Bonchev–Trinajstić information content (AvgIpc) is 3.54. The third-order valence-electron chi connectivity index (χ3n) is 6.71. The summed E-state index contributed by atoms with van der Waals surface area (Å²) >= 11 is 13.8. The first-order valence-electron chi connectivity index (χ1n) is 11.0. The average molecular weight is 705 g/mol. The molecule has 1 unspecified atom stereocenters. The molecule has 1 spiro atoms. The predicted octanol–water partition coefficient (Wildman–Crippen LogP) is 5.68. The number of rotatable bonds is 6. The van der Waals surface area contributed by atoms with Crippen molar-refractivity contribution in [1.29, 1.82) is 0 Å². The number of hydrogen-bond donors (Lipinski definition) is 1. The molecule has 3 aliphatic heterocycles. The summed E-state index contributed by atoms with van der Waals surface area (Å²) < 4.78 is 36.9. The van der Waals surface area contributed by atoms with Crippen molar-refractivity contribution >= 4 is 46.7 Å². The van der Waals surface area contributed by atoms with Crippen LogP contribution in [-0.4, -0.2) is 55.8 Å². The van der Waals surface area contributed by atoms with Crippen molar-refractivity contribution < 1.29 is 33.3 Å².